The van der Waals surface area contributed by atoms with Crippen LogP contribution in [0, 0.1) is 25.7 Å². The van der Waals surface area contributed by atoms with Crippen molar-refractivity contribution in [1.82, 2.24) is 0 Å². The van der Waals surface area contributed by atoms with Gasteiger partial charge in [0.2, 0.25) is 0 Å². The molecule has 2 fully saturated rings. The predicted octanol–water partition coefficient (Wildman–Crippen LogP) is 5.22. The molecule has 0 amide bonds. The van der Waals surface area contributed by atoms with Crippen molar-refractivity contribution in [1.29, 1.82) is 0 Å². The highest BCUT2D eigenvalue weighted by atomic mass is 16.5. The van der Waals surface area contributed by atoms with Gasteiger partial charge in [-0.05, 0) is 67.7 Å². The molecule has 0 aromatic heterocycles. The summed E-state index contributed by atoms with van der Waals surface area (Å²) in [5.74, 6) is 2.85. The Morgan fingerprint density at radius 2 is 1.60 bits per heavy atom. The Morgan fingerprint density at radius 3 is 2.25 bits per heavy atom. The standard InChI is InChI=1S/C19H28O/c1-14-15(2)19(20-13-17-8-5-9-17)11-10-18(14)12-16-6-3-4-7-16/h10-11,16-17H,3-9,12-13H2,1-2H3. The first kappa shape index (κ1) is 14.0. The summed E-state index contributed by atoms with van der Waals surface area (Å²) in [5.41, 5.74) is 4.37. The van der Waals surface area contributed by atoms with Crippen molar-refractivity contribution < 1.29 is 4.74 Å². The molecular formula is C19H28O. The molecule has 2 aliphatic rings. The fourth-order valence-corrected chi connectivity index (χ4v) is 3.62. The van der Waals surface area contributed by atoms with E-state index in [1.165, 1.54) is 62.5 Å². The van der Waals surface area contributed by atoms with Crippen LogP contribution in [0.2, 0.25) is 0 Å². The van der Waals surface area contributed by atoms with E-state index in [-0.39, 0.29) is 0 Å². The van der Waals surface area contributed by atoms with E-state index in [1.54, 1.807) is 5.56 Å². The highest BCUT2D eigenvalue weighted by molar-refractivity contribution is 5.43. The van der Waals surface area contributed by atoms with E-state index < -0.39 is 0 Å². The largest absolute Gasteiger partial charge is 0.493 e. The molecule has 1 aromatic carbocycles. The average molecular weight is 272 g/mol. The van der Waals surface area contributed by atoms with Gasteiger partial charge in [-0.1, -0.05) is 38.2 Å². The molecule has 0 N–H and O–H groups in total. The van der Waals surface area contributed by atoms with Crippen LogP contribution in [-0.2, 0) is 6.42 Å². The van der Waals surface area contributed by atoms with E-state index in [4.69, 9.17) is 4.74 Å². The van der Waals surface area contributed by atoms with Gasteiger partial charge in [0.05, 0.1) is 6.61 Å². The molecule has 2 aliphatic carbocycles. The second-order valence-corrected chi connectivity index (χ2v) is 6.94. The van der Waals surface area contributed by atoms with E-state index in [9.17, 15) is 0 Å². The van der Waals surface area contributed by atoms with Crippen LogP contribution in [0.25, 0.3) is 0 Å². The van der Waals surface area contributed by atoms with Crippen LogP contribution in [0.5, 0.6) is 5.75 Å². The Hall–Kier alpha value is -0.980. The highest BCUT2D eigenvalue weighted by Crippen LogP contribution is 2.33. The number of rotatable bonds is 5. The molecule has 110 valence electrons. The van der Waals surface area contributed by atoms with Crippen molar-refractivity contribution in [2.45, 2.75) is 65.2 Å². The highest BCUT2D eigenvalue weighted by Gasteiger charge is 2.20. The monoisotopic (exact) mass is 272 g/mol. The molecule has 0 radical (unpaired) electrons. The summed E-state index contributed by atoms with van der Waals surface area (Å²) in [5, 5.41) is 0. The minimum Gasteiger partial charge on any atom is -0.493 e. The van der Waals surface area contributed by atoms with Crippen molar-refractivity contribution in [3.05, 3.63) is 28.8 Å². The van der Waals surface area contributed by atoms with Crippen molar-refractivity contribution in [3.63, 3.8) is 0 Å². The minimum atomic E-state index is 0.813. The van der Waals surface area contributed by atoms with Gasteiger partial charge in [0.1, 0.15) is 5.75 Å². The Kier molecular flexibility index (Phi) is 4.33. The molecule has 0 saturated heterocycles. The van der Waals surface area contributed by atoms with Crippen molar-refractivity contribution in [2.24, 2.45) is 11.8 Å². The summed E-state index contributed by atoms with van der Waals surface area (Å²) in [6, 6.07) is 4.53. The van der Waals surface area contributed by atoms with Gasteiger partial charge in [0, 0.05) is 0 Å². The summed E-state index contributed by atoms with van der Waals surface area (Å²) < 4.78 is 6.05. The topological polar surface area (TPSA) is 9.23 Å². The van der Waals surface area contributed by atoms with Crippen molar-refractivity contribution >= 4 is 0 Å². The van der Waals surface area contributed by atoms with E-state index >= 15 is 0 Å². The molecule has 0 heterocycles. The maximum Gasteiger partial charge on any atom is 0.122 e. The van der Waals surface area contributed by atoms with Crippen molar-refractivity contribution in [2.75, 3.05) is 6.61 Å². The second-order valence-electron chi connectivity index (χ2n) is 6.94. The molecule has 1 heteroatoms. The Balaban J connectivity index is 1.65. The molecule has 0 unspecified atom stereocenters. The average Bonchev–Trinajstić information content (AvgIpc) is 2.89. The molecule has 3 rings (SSSR count). The third-order valence-electron chi connectivity index (χ3n) is 5.53. The van der Waals surface area contributed by atoms with Crippen LogP contribution in [0.1, 0.15) is 61.6 Å². The lowest BCUT2D eigenvalue weighted by atomic mass is 9.86. The number of hydrogen-bond donors (Lipinski definition) is 0. The Bertz CT molecular complexity index is 453. The molecule has 2 saturated carbocycles. The normalized spacial score (nSPS) is 20.1. The van der Waals surface area contributed by atoms with Crippen LogP contribution >= 0.6 is 0 Å². The van der Waals surface area contributed by atoms with Gasteiger partial charge in [-0.15, -0.1) is 0 Å². The Morgan fingerprint density at radius 1 is 0.900 bits per heavy atom. The van der Waals surface area contributed by atoms with E-state index in [0.717, 1.165) is 24.2 Å². The fraction of sp³-hybridized carbons (Fsp3) is 0.684. The summed E-state index contributed by atoms with van der Waals surface area (Å²) >= 11 is 0. The minimum absolute atomic E-state index is 0.813. The van der Waals surface area contributed by atoms with Crippen LogP contribution in [-0.4, -0.2) is 6.61 Å². The van der Waals surface area contributed by atoms with Gasteiger partial charge in [-0.25, -0.2) is 0 Å². The van der Waals surface area contributed by atoms with Crippen LogP contribution in [0.4, 0.5) is 0 Å². The zero-order valence-electron chi connectivity index (χ0n) is 13.1. The smallest absolute Gasteiger partial charge is 0.122 e. The van der Waals surface area contributed by atoms with Crippen LogP contribution in [0.3, 0.4) is 0 Å². The maximum atomic E-state index is 6.05. The number of benzene rings is 1. The zero-order valence-corrected chi connectivity index (χ0v) is 13.1. The SMILES string of the molecule is Cc1c(CC2CCCC2)ccc(OCC2CCC2)c1C. The summed E-state index contributed by atoms with van der Waals surface area (Å²) in [4.78, 5) is 0. The van der Waals surface area contributed by atoms with E-state index in [1.807, 2.05) is 0 Å². The maximum absolute atomic E-state index is 6.05. The van der Waals surface area contributed by atoms with Gasteiger partial charge >= 0.3 is 0 Å². The van der Waals surface area contributed by atoms with E-state index in [0.29, 0.717) is 0 Å². The van der Waals surface area contributed by atoms with Crippen LogP contribution < -0.4 is 4.74 Å². The van der Waals surface area contributed by atoms with E-state index in [2.05, 4.69) is 26.0 Å². The number of hydrogen-bond acceptors (Lipinski definition) is 1. The molecule has 20 heavy (non-hydrogen) atoms. The first-order chi connectivity index (χ1) is 9.74. The Labute approximate surface area is 123 Å². The van der Waals surface area contributed by atoms with Crippen LogP contribution in [0.15, 0.2) is 12.1 Å². The summed E-state index contributed by atoms with van der Waals surface area (Å²) in [6.07, 6.45) is 11.1. The molecule has 0 atom stereocenters. The molecule has 0 aliphatic heterocycles. The third-order valence-corrected chi connectivity index (χ3v) is 5.53. The molecule has 0 spiro atoms. The lowest BCUT2D eigenvalue weighted by Crippen LogP contribution is -2.19. The number of ether oxygens (including phenoxy) is 1. The first-order valence-corrected chi connectivity index (χ1v) is 8.46. The molecular weight excluding hydrogens is 244 g/mol. The lowest BCUT2D eigenvalue weighted by Gasteiger charge is -2.26. The third kappa shape index (κ3) is 3.02. The fourth-order valence-electron chi connectivity index (χ4n) is 3.62. The summed E-state index contributed by atoms with van der Waals surface area (Å²) in [7, 11) is 0. The predicted molar refractivity (Wildman–Crippen MR) is 84.4 cm³/mol. The van der Waals surface area contributed by atoms with Crippen molar-refractivity contribution in [3.8, 4) is 5.75 Å². The molecule has 1 nitrogen and oxygen atoms in total. The molecule has 0 bridgehead atoms. The van der Waals surface area contributed by atoms with Gasteiger partial charge in [0.25, 0.3) is 0 Å². The second kappa shape index (κ2) is 6.20. The first-order valence-electron chi connectivity index (χ1n) is 8.46. The van der Waals surface area contributed by atoms with Gasteiger partial charge in [-0.3, -0.25) is 0 Å². The van der Waals surface area contributed by atoms with Gasteiger partial charge in [0.15, 0.2) is 0 Å². The van der Waals surface area contributed by atoms with Gasteiger partial charge in [-0.2, -0.15) is 0 Å². The zero-order chi connectivity index (χ0) is 13.9. The quantitative estimate of drug-likeness (QED) is 0.714. The van der Waals surface area contributed by atoms with Gasteiger partial charge < -0.3 is 4.74 Å². The summed E-state index contributed by atoms with van der Waals surface area (Å²) in [6.45, 7) is 5.42. The lowest BCUT2D eigenvalue weighted by molar-refractivity contribution is 0.179. The molecule has 1 aromatic rings.